The molecule has 3 amide bonds. The molecule has 1 unspecified atom stereocenters. The Bertz CT molecular complexity index is 1110. The first-order valence-corrected chi connectivity index (χ1v) is 8.77. The summed E-state index contributed by atoms with van der Waals surface area (Å²) in [6.45, 7) is -0.212. The van der Waals surface area contributed by atoms with Gasteiger partial charge < -0.3 is 9.88 Å². The lowest BCUT2D eigenvalue weighted by Gasteiger charge is -2.40. The van der Waals surface area contributed by atoms with Crippen LogP contribution in [-0.2, 0) is 4.79 Å². The Hall–Kier alpha value is -3.94. The van der Waals surface area contributed by atoms with Gasteiger partial charge in [-0.25, -0.2) is 4.98 Å². The van der Waals surface area contributed by atoms with Gasteiger partial charge in [-0.1, -0.05) is 30.3 Å². The average molecular weight is 373 g/mol. The number of benzene rings is 2. The maximum absolute atomic E-state index is 13.2. The number of fused-ring (bicyclic) bond motifs is 5. The molecule has 2 aromatic carbocycles. The lowest BCUT2D eigenvalue weighted by Crippen LogP contribution is -2.50. The van der Waals surface area contributed by atoms with Crippen molar-refractivity contribution in [2.45, 2.75) is 6.17 Å². The fraction of sp³-hybridized carbons (Fsp3) is 0.100. The highest BCUT2D eigenvalue weighted by molar-refractivity contribution is 6.17. The molecule has 0 aliphatic carbocycles. The molecule has 3 aromatic rings. The van der Waals surface area contributed by atoms with Crippen LogP contribution in [0.2, 0.25) is 0 Å². The Morgan fingerprint density at radius 1 is 1.04 bits per heavy atom. The number of H-pyrrole nitrogens is 1. The Labute approximate surface area is 159 Å². The van der Waals surface area contributed by atoms with Crippen LogP contribution in [0.15, 0.2) is 60.9 Å². The average Bonchev–Trinajstić information content (AvgIpc) is 3.32. The smallest absolute Gasteiger partial charge is 0.260 e. The number of nitrogens with zero attached hydrogens (tertiary/aromatic N) is 3. The summed E-state index contributed by atoms with van der Waals surface area (Å²) in [6.07, 6.45) is 2.45. The van der Waals surface area contributed by atoms with Crippen LogP contribution in [0.1, 0.15) is 32.4 Å². The number of aromatic amines is 1. The Kier molecular flexibility index (Phi) is 3.51. The van der Waals surface area contributed by atoms with Gasteiger partial charge >= 0.3 is 0 Å². The minimum Gasteiger partial charge on any atom is -0.331 e. The molecule has 0 radical (unpaired) electrons. The minimum atomic E-state index is -0.659. The third-order valence-electron chi connectivity index (χ3n) is 4.95. The number of anilines is 2. The van der Waals surface area contributed by atoms with E-state index >= 15 is 0 Å². The van der Waals surface area contributed by atoms with Gasteiger partial charge in [0.05, 0.1) is 11.3 Å². The van der Waals surface area contributed by atoms with Crippen molar-refractivity contribution < 1.29 is 14.4 Å². The molecular weight excluding hydrogens is 358 g/mol. The second kappa shape index (κ2) is 6.05. The van der Waals surface area contributed by atoms with E-state index in [1.807, 2.05) is 12.1 Å². The molecule has 5 rings (SSSR count). The summed E-state index contributed by atoms with van der Waals surface area (Å²) in [6, 6.07) is 14.1. The third kappa shape index (κ3) is 2.31. The van der Waals surface area contributed by atoms with E-state index in [0.717, 1.165) is 0 Å². The molecule has 28 heavy (non-hydrogen) atoms. The number of nitrogens with one attached hydrogen (secondary N) is 2. The molecule has 2 N–H and O–H groups in total. The first-order valence-electron chi connectivity index (χ1n) is 8.77. The van der Waals surface area contributed by atoms with Crippen LogP contribution < -0.4 is 10.2 Å². The number of rotatable bonds is 3. The number of amides is 3. The maximum Gasteiger partial charge on any atom is 0.260 e. The largest absolute Gasteiger partial charge is 0.331 e. The summed E-state index contributed by atoms with van der Waals surface area (Å²) in [5.41, 5.74) is 2.20. The highest BCUT2D eigenvalue weighted by atomic mass is 16.2. The van der Waals surface area contributed by atoms with Gasteiger partial charge in [-0.3, -0.25) is 24.6 Å². The van der Waals surface area contributed by atoms with Crippen molar-refractivity contribution in [1.29, 1.82) is 0 Å². The topological polar surface area (TPSA) is 98.4 Å². The molecule has 2 aliphatic heterocycles. The SMILES string of the molecule is O=C(CN1C(=O)c2ccccc2N2C(=O)c3ccccc3C12)Nc1ncc[nH]1. The van der Waals surface area contributed by atoms with E-state index in [-0.39, 0.29) is 18.4 Å². The van der Waals surface area contributed by atoms with Gasteiger partial charge in [0, 0.05) is 23.5 Å². The zero-order chi connectivity index (χ0) is 19.3. The zero-order valence-electron chi connectivity index (χ0n) is 14.6. The molecule has 0 bridgehead atoms. The zero-order valence-corrected chi connectivity index (χ0v) is 14.6. The second-order valence-electron chi connectivity index (χ2n) is 6.57. The summed E-state index contributed by atoms with van der Waals surface area (Å²) >= 11 is 0. The summed E-state index contributed by atoms with van der Waals surface area (Å²) in [5, 5.41) is 2.63. The Morgan fingerprint density at radius 2 is 1.79 bits per heavy atom. The van der Waals surface area contributed by atoms with Gasteiger partial charge in [-0.15, -0.1) is 0 Å². The molecule has 138 valence electrons. The van der Waals surface area contributed by atoms with Crippen LogP contribution >= 0.6 is 0 Å². The molecule has 0 fully saturated rings. The van der Waals surface area contributed by atoms with Crippen LogP contribution in [0.4, 0.5) is 11.6 Å². The van der Waals surface area contributed by atoms with E-state index in [1.54, 1.807) is 47.5 Å². The molecule has 0 saturated carbocycles. The predicted molar refractivity (Wildman–Crippen MR) is 101 cm³/mol. The molecule has 8 nitrogen and oxygen atoms in total. The van der Waals surface area contributed by atoms with Gasteiger partial charge in [-0.05, 0) is 18.2 Å². The summed E-state index contributed by atoms with van der Waals surface area (Å²) < 4.78 is 0. The maximum atomic E-state index is 13.2. The standard InChI is InChI=1S/C20H15N5O3/c26-16(23-20-21-9-10-22-20)11-24-17-12-5-1-2-6-13(12)19(28)25(17)15-8-4-3-7-14(15)18(24)27/h1-10,17H,11H2,(H2,21,22,23,26). The third-order valence-corrected chi connectivity index (χ3v) is 4.95. The van der Waals surface area contributed by atoms with Crippen LogP contribution in [0.25, 0.3) is 0 Å². The van der Waals surface area contributed by atoms with Crippen LogP contribution in [0, 0.1) is 0 Å². The van der Waals surface area contributed by atoms with Crippen molar-refractivity contribution in [3.05, 3.63) is 77.6 Å². The van der Waals surface area contributed by atoms with Crippen LogP contribution in [0.5, 0.6) is 0 Å². The van der Waals surface area contributed by atoms with Gasteiger partial charge in [0.15, 0.2) is 0 Å². The molecule has 8 heteroatoms. The lowest BCUT2D eigenvalue weighted by molar-refractivity contribution is -0.117. The summed E-state index contributed by atoms with van der Waals surface area (Å²) in [7, 11) is 0. The van der Waals surface area contributed by atoms with Crippen molar-refractivity contribution in [2.75, 3.05) is 16.8 Å². The van der Waals surface area contributed by atoms with Crippen molar-refractivity contribution in [2.24, 2.45) is 0 Å². The number of imidazole rings is 1. The van der Waals surface area contributed by atoms with Gasteiger partial charge in [0.25, 0.3) is 11.8 Å². The number of para-hydroxylation sites is 1. The Morgan fingerprint density at radius 3 is 2.57 bits per heavy atom. The van der Waals surface area contributed by atoms with E-state index in [1.165, 1.54) is 11.1 Å². The molecule has 2 aliphatic rings. The first-order chi connectivity index (χ1) is 13.6. The van der Waals surface area contributed by atoms with Gasteiger partial charge in [-0.2, -0.15) is 0 Å². The van der Waals surface area contributed by atoms with E-state index in [9.17, 15) is 14.4 Å². The van der Waals surface area contributed by atoms with E-state index < -0.39 is 12.1 Å². The molecule has 1 atom stereocenters. The fourth-order valence-electron chi connectivity index (χ4n) is 3.79. The first kappa shape index (κ1) is 16.2. The molecule has 3 heterocycles. The predicted octanol–water partition coefficient (Wildman–Crippen LogP) is 2.16. The van der Waals surface area contributed by atoms with Crippen LogP contribution in [0.3, 0.4) is 0 Å². The number of aromatic nitrogens is 2. The fourth-order valence-corrected chi connectivity index (χ4v) is 3.79. The van der Waals surface area contributed by atoms with Gasteiger partial charge in [0.1, 0.15) is 12.7 Å². The van der Waals surface area contributed by atoms with Gasteiger partial charge in [0.2, 0.25) is 11.9 Å². The number of hydrogen-bond acceptors (Lipinski definition) is 4. The van der Waals surface area contributed by atoms with E-state index in [4.69, 9.17) is 0 Å². The van der Waals surface area contributed by atoms with Crippen molar-refractivity contribution in [3.63, 3.8) is 0 Å². The summed E-state index contributed by atoms with van der Waals surface area (Å²) in [4.78, 5) is 48.6. The monoisotopic (exact) mass is 373 g/mol. The highest BCUT2D eigenvalue weighted by Crippen LogP contribution is 2.44. The van der Waals surface area contributed by atoms with Crippen molar-refractivity contribution in [1.82, 2.24) is 14.9 Å². The molecule has 0 saturated heterocycles. The quantitative estimate of drug-likeness (QED) is 0.735. The minimum absolute atomic E-state index is 0.183. The normalized spacial score (nSPS) is 17.2. The van der Waals surface area contributed by atoms with Crippen molar-refractivity contribution in [3.8, 4) is 0 Å². The number of carbonyl (C=O) groups is 3. The molecular formula is C20H15N5O3. The van der Waals surface area contributed by atoms with Crippen molar-refractivity contribution >= 4 is 29.4 Å². The number of hydrogen-bond donors (Lipinski definition) is 2. The lowest BCUT2D eigenvalue weighted by atomic mass is 10.0. The summed E-state index contributed by atoms with van der Waals surface area (Å²) in [5.74, 6) is -0.581. The Balaban J connectivity index is 1.57. The van der Waals surface area contributed by atoms with Crippen LogP contribution in [-0.4, -0.2) is 39.1 Å². The highest BCUT2D eigenvalue weighted by Gasteiger charge is 2.48. The second-order valence-corrected chi connectivity index (χ2v) is 6.57. The molecule has 1 aromatic heterocycles. The number of carbonyl (C=O) groups excluding carboxylic acids is 3. The van der Waals surface area contributed by atoms with E-state index in [0.29, 0.717) is 28.3 Å². The molecule has 0 spiro atoms. The van der Waals surface area contributed by atoms with E-state index in [2.05, 4.69) is 15.3 Å².